The molecule has 0 spiro atoms. The molecule has 130 valence electrons. The Morgan fingerprint density at radius 1 is 1.08 bits per heavy atom. The summed E-state index contributed by atoms with van der Waals surface area (Å²) in [6, 6.07) is 15.0. The van der Waals surface area contributed by atoms with Crippen LogP contribution in [-0.2, 0) is 0 Å². The highest BCUT2D eigenvalue weighted by molar-refractivity contribution is 8.27. The molecule has 7 heteroatoms. The molecule has 3 N–H and O–H groups in total. The number of anilines is 3. The van der Waals surface area contributed by atoms with Crippen molar-refractivity contribution in [2.75, 3.05) is 35.9 Å². The van der Waals surface area contributed by atoms with Crippen molar-refractivity contribution in [3.63, 3.8) is 0 Å². The summed E-state index contributed by atoms with van der Waals surface area (Å²) in [6.07, 6.45) is 0.812. The molecular weight excluding hydrogens is 326 g/mol. The maximum atomic E-state index is 11.0. The standard InChI is InChI=1S/C17H23N3O3S/c1-18-11-6-12-19-16-9-3-4-10-17(16)20(24(19,21)22)14-7-5-8-15(13-14)23-2/h3-5,7-10,13,18,21-22H,6,11-12H2,1-2H3. The van der Waals surface area contributed by atoms with E-state index >= 15 is 0 Å². The van der Waals surface area contributed by atoms with Gasteiger partial charge in [0.1, 0.15) is 5.75 Å². The first-order valence-corrected chi connectivity index (χ1v) is 9.29. The molecule has 1 heterocycles. The molecule has 6 nitrogen and oxygen atoms in total. The Morgan fingerprint density at radius 2 is 1.83 bits per heavy atom. The molecule has 0 saturated heterocycles. The molecule has 1 aliphatic heterocycles. The maximum absolute atomic E-state index is 11.0. The van der Waals surface area contributed by atoms with Crippen molar-refractivity contribution in [2.45, 2.75) is 6.42 Å². The molecule has 0 aliphatic carbocycles. The zero-order chi connectivity index (χ0) is 17.2. The lowest BCUT2D eigenvalue weighted by Gasteiger charge is -2.43. The quantitative estimate of drug-likeness (QED) is 0.689. The number of para-hydroxylation sites is 2. The molecule has 2 aromatic rings. The number of benzene rings is 2. The molecule has 0 amide bonds. The van der Waals surface area contributed by atoms with E-state index in [0.717, 1.165) is 24.3 Å². The van der Waals surface area contributed by atoms with Crippen molar-refractivity contribution < 1.29 is 13.8 Å². The van der Waals surface area contributed by atoms with E-state index in [1.165, 1.54) is 0 Å². The van der Waals surface area contributed by atoms with E-state index in [0.29, 0.717) is 18.0 Å². The molecule has 24 heavy (non-hydrogen) atoms. The topological polar surface area (TPSA) is 68.2 Å². The molecular formula is C17H23N3O3S. The van der Waals surface area contributed by atoms with Gasteiger partial charge in [0.2, 0.25) is 0 Å². The normalized spacial score (nSPS) is 16.8. The van der Waals surface area contributed by atoms with Gasteiger partial charge in [-0.15, -0.1) is 0 Å². The molecule has 0 saturated carbocycles. The third-order valence-electron chi connectivity index (χ3n) is 3.99. The Labute approximate surface area is 144 Å². The first kappa shape index (κ1) is 16.9. The minimum Gasteiger partial charge on any atom is -0.497 e. The number of rotatable bonds is 6. The van der Waals surface area contributed by atoms with Crippen molar-refractivity contribution >= 4 is 28.0 Å². The molecule has 0 atom stereocenters. The lowest BCUT2D eigenvalue weighted by atomic mass is 10.2. The van der Waals surface area contributed by atoms with Gasteiger partial charge in [-0.05, 0) is 55.2 Å². The van der Waals surface area contributed by atoms with E-state index in [-0.39, 0.29) is 0 Å². The van der Waals surface area contributed by atoms with Gasteiger partial charge in [0.25, 0.3) is 0 Å². The second kappa shape index (κ2) is 6.90. The Morgan fingerprint density at radius 3 is 2.54 bits per heavy atom. The fourth-order valence-corrected chi connectivity index (χ4v) is 4.67. The predicted molar refractivity (Wildman–Crippen MR) is 100 cm³/mol. The Kier molecular flexibility index (Phi) is 4.86. The number of hydrogen-bond donors (Lipinski definition) is 3. The van der Waals surface area contributed by atoms with Crippen molar-refractivity contribution in [1.82, 2.24) is 5.32 Å². The first-order valence-electron chi connectivity index (χ1n) is 7.83. The van der Waals surface area contributed by atoms with Gasteiger partial charge in [-0.3, -0.25) is 13.4 Å². The van der Waals surface area contributed by atoms with Gasteiger partial charge < -0.3 is 10.1 Å². The number of nitrogens with one attached hydrogen (secondary N) is 1. The van der Waals surface area contributed by atoms with Crippen LogP contribution in [0.15, 0.2) is 48.5 Å². The van der Waals surface area contributed by atoms with Gasteiger partial charge in [0.05, 0.1) is 24.2 Å². The van der Waals surface area contributed by atoms with Gasteiger partial charge in [0, 0.05) is 12.6 Å². The molecule has 3 rings (SSSR count). The SMILES string of the molecule is CNCCCN1c2ccccc2N(c2cccc(OC)c2)S1(O)O. The van der Waals surface area contributed by atoms with Crippen molar-refractivity contribution in [3.8, 4) is 5.75 Å². The first-order chi connectivity index (χ1) is 11.6. The summed E-state index contributed by atoms with van der Waals surface area (Å²) < 4.78 is 30.5. The van der Waals surface area contributed by atoms with E-state index in [4.69, 9.17) is 4.74 Å². The molecule has 0 unspecified atom stereocenters. The highest BCUT2D eigenvalue weighted by Crippen LogP contribution is 2.64. The number of fused-ring (bicyclic) bond motifs is 1. The summed E-state index contributed by atoms with van der Waals surface area (Å²) in [5.41, 5.74) is 2.31. The average molecular weight is 349 g/mol. The Bertz CT molecular complexity index is 711. The van der Waals surface area contributed by atoms with Gasteiger partial charge in [-0.25, -0.2) is 4.31 Å². The Hall–Kier alpha value is -1.93. The van der Waals surface area contributed by atoms with Crippen LogP contribution >= 0.6 is 11.0 Å². The highest BCUT2D eigenvalue weighted by atomic mass is 32.3. The van der Waals surface area contributed by atoms with Crippen molar-refractivity contribution in [2.24, 2.45) is 0 Å². The summed E-state index contributed by atoms with van der Waals surface area (Å²) >= 11 is 0. The minimum atomic E-state index is -3.16. The van der Waals surface area contributed by atoms with Crippen LogP contribution in [0.25, 0.3) is 0 Å². The van der Waals surface area contributed by atoms with Crippen LogP contribution in [0.5, 0.6) is 5.75 Å². The summed E-state index contributed by atoms with van der Waals surface area (Å²) in [5.74, 6) is 0.675. The van der Waals surface area contributed by atoms with Crippen LogP contribution in [0.1, 0.15) is 6.42 Å². The summed E-state index contributed by atoms with van der Waals surface area (Å²) in [6.45, 7) is 1.37. The molecule has 0 radical (unpaired) electrons. The van der Waals surface area contributed by atoms with Crippen LogP contribution in [0.3, 0.4) is 0 Å². The van der Waals surface area contributed by atoms with Gasteiger partial charge in [-0.2, -0.15) is 0 Å². The fourth-order valence-electron chi connectivity index (χ4n) is 2.87. The van der Waals surface area contributed by atoms with E-state index in [1.54, 1.807) is 15.7 Å². The number of hydrogen-bond acceptors (Lipinski definition) is 6. The van der Waals surface area contributed by atoms with E-state index in [9.17, 15) is 9.11 Å². The lowest BCUT2D eigenvalue weighted by molar-refractivity contribution is 0.415. The zero-order valence-electron chi connectivity index (χ0n) is 13.8. The molecule has 0 fully saturated rings. The molecule has 0 bridgehead atoms. The van der Waals surface area contributed by atoms with Gasteiger partial charge >= 0.3 is 0 Å². The zero-order valence-corrected chi connectivity index (χ0v) is 14.7. The highest BCUT2D eigenvalue weighted by Gasteiger charge is 2.41. The molecule has 0 aromatic heterocycles. The largest absolute Gasteiger partial charge is 0.497 e. The van der Waals surface area contributed by atoms with E-state index in [1.807, 2.05) is 55.6 Å². The minimum absolute atomic E-state index is 0.556. The van der Waals surface area contributed by atoms with Crippen LogP contribution in [0.2, 0.25) is 0 Å². The summed E-state index contributed by atoms with van der Waals surface area (Å²) in [5, 5.41) is 3.09. The van der Waals surface area contributed by atoms with Gasteiger partial charge in [-0.1, -0.05) is 18.2 Å². The number of ether oxygens (including phenoxy) is 1. The molecule has 1 aliphatic rings. The second-order valence-electron chi connectivity index (χ2n) is 5.53. The smallest absolute Gasteiger partial charge is 0.121 e. The maximum Gasteiger partial charge on any atom is 0.121 e. The third-order valence-corrected chi connectivity index (χ3v) is 5.85. The van der Waals surface area contributed by atoms with E-state index < -0.39 is 11.0 Å². The second-order valence-corrected chi connectivity index (χ2v) is 7.32. The monoisotopic (exact) mass is 349 g/mol. The number of nitrogens with zero attached hydrogens (tertiary/aromatic N) is 2. The van der Waals surface area contributed by atoms with Crippen LogP contribution in [0, 0.1) is 0 Å². The van der Waals surface area contributed by atoms with Crippen LogP contribution < -0.4 is 18.7 Å². The van der Waals surface area contributed by atoms with Crippen LogP contribution in [0.4, 0.5) is 17.1 Å². The summed E-state index contributed by atoms with van der Waals surface area (Å²) in [7, 11) is 0.322. The van der Waals surface area contributed by atoms with Gasteiger partial charge in [0.15, 0.2) is 0 Å². The van der Waals surface area contributed by atoms with E-state index in [2.05, 4.69) is 5.32 Å². The third kappa shape index (κ3) is 2.91. The van der Waals surface area contributed by atoms with Crippen molar-refractivity contribution in [3.05, 3.63) is 48.5 Å². The average Bonchev–Trinajstić information content (AvgIpc) is 2.82. The van der Waals surface area contributed by atoms with Crippen LogP contribution in [-0.4, -0.2) is 36.4 Å². The predicted octanol–water partition coefficient (Wildman–Crippen LogP) is 3.84. The lowest BCUT2D eigenvalue weighted by Crippen LogP contribution is -2.32. The Balaban J connectivity index is 2.02. The fraction of sp³-hybridized carbons (Fsp3) is 0.294. The summed E-state index contributed by atoms with van der Waals surface area (Å²) in [4.78, 5) is 0. The molecule has 2 aromatic carbocycles. The van der Waals surface area contributed by atoms with Crippen molar-refractivity contribution in [1.29, 1.82) is 0 Å². The number of methoxy groups -OCH3 is 1.